The lowest BCUT2D eigenvalue weighted by Crippen LogP contribution is -2.70. The maximum absolute atomic E-state index is 13.3. The van der Waals surface area contributed by atoms with Crippen molar-refractivity contribution in [1.82, 2.24) is 20.9 Å². The molecule has 14 N–H and O–H groups in total. The average molecular weight is 822 g/mol. The lowest BCUT2D eigenvalue weighted by atomic mass is 9.83. The van der Waals surface area contributed by atoms with Crippen LogP contribution in [0.15, 0.2) is 11.8 Å². The molecule has 3 rings (SSSR count). The number of alkyl carbamates (subject to hydrolysis) is 1. The van der Waals surface area contributed by atoms with Crippen LogP contribution in [0.2, 0.25) is 0 Å². The highest BCUT2D eigenvalue weighted by atomic mass is 16.7. The first-order valence-electron chi connectivity index (χ1n) is 18.7. The number of nitrogens with one attached hydrogen (secondary N) is 3. The molecule has 328 valence electrons. The number of carbonyl (C=O) groups is 4. The predicted molar refractivity (Wildman–Crippen MR) is 198 cm³/mol. The lowest BCUT2D eigenvalue weighted by molar-refractivity contribution is -0.310. The largest absolute Gasteiger partial charge is 0.466 e. The van der Waals surface area contributed by atoms with Crippen LogP contribution in [0.3, 0.4) is 0 Å². The van der Waals surface area contributed by atoms with Crippen LogP contribution >= 0.6 is 0 Å². The Balaban J connectivity index is 1.86. The molecule has 0 aromatic rings. The van der Waals surface area contributed by atoms with E-state index in [1.807, 2.05) is 0 Å². The van der Waals surface area contributed by atoms with Crippen molar-refractivity contribution in [2.45, 2.75) is 151 Å². The van der Waals surface area contributed by atoms with Gasteiger partial charge in [0.15, 0.2) is 6.29 Å². The lowest BCUT2D eigenvalue weighted by Gasteiger charge is -2.50. The van der Waals surface area contributed by atoms with Gasteiger partial charge in [0, 0.05) is 19.6 Å². The molecule has 1 aliphatic carbocycles. The quantitative estimate of drug-likeness (QED) is 0.0852. The number of amides is 4. The van der Waals surface area contributed by atoms with Gasteiger partial charge in [0.1, 0.15) is 59.2 Å². The number of aliphatic hydroxyl groups is 5. The molecule has 3 aliphatic rings. The zero-order valence-electron chi connectivity index (χ0n) is 33.7. The highest BCUT2D eigenvalue weighted by molar-refractivity contribution is 5.82. The topological polar surface area (TPSA) is 342 Å². The molecule has 1 unspecified atom stereocenters. The maximum atomic E-state index is 13.3. The molecule has 1 saturated carbocycles. The van der Waals surface area contributed by atoms with Crippen LogP contribution in [0.5, 0.6) is 0 Å². The van der Waals surface area contributed by atoms with Crippen molar-refractivity contribution in [2.75, 3.05) is 33.3 Å². The van der Waals surface area contributed by atoms with Gasteiger partial charge in [0.25, 0.3) is 11.8 Å². The van der Waals surface area contributed by atoms with Gasteiger partial charge in [-0.2, -0.15) is 0 Å². The van der Waals surface area contributed by atoms with Crippen molar-refractivity contribution >= 4 is 24.0 Å². The molecule has 13 atom stereocenters. The van der Waals surface area contributed by atoms with Gasteiger partial charge in [0.2, 0.25) is 6.29 Å². The van der Waals surface area contributed by atoms with E-state index < -0.39 is 127 Å². The summed E-state index contributed by atoms with van der Waals surface area (Å²) >= 11 is 0. The number of hydrogen-bond donors (Lipinski definition) is 11. The Bertz CT molecular complexity index is 1420. The summed E-state index contributed by atoms with van der Waals surface area (Å²) in [6.07, 6.45) is -12.5. The molecule has 1 saturated heterocycles. The number of likely N-dealkylation sites (N-methyl/N-ethyl adjacent to an activating group) is 1. The fourth-order valence-corrected chi connectivity index (χ4v) is 6.38. The second kappa shape index (κ2) is 19.6. The summed E-state index contributed by atoms with van der Waals surface area (Å²) in [7, 11) is 1.31. The van der Waals surface area contributed by atoms with Crippen molar-refractivity contribution in [2.24, 2.45) is 17.2 Å². The number of hydrogen-bond acceptors (Lipinski definition) is 18. The van der Waals surface area contributed by atoms with Crippen molar-refractivity contribution in [1.29, 1.82) is 0 Å². The van der Waals surface area contributed by atoms with E-state index in [1.54, 1.807) is 47.6 Å². The number of nitrogens with two attached hydrogens (primary N) is 3. The van der Waals surface area contributed by atoms with E-state index in [2.05, 4.69) is 16.0 Å². The van der Waals surface area contributed by atoms with E-state index in [0.717, 1.165) is 4.90 Å². The molecule has 2 aliphatic heterocycles. The van der Waals surface area contributed by atoms with Gasteiger partial charge in [-0.25, -0.2) is 9.59 Å². The first-order chi connectivity index (χ1) is 26.2. The third-order valence-corrected chi connectivity index (χ3v) is 9.14. The monoisotopic (exact) mass is 821 g/mol. The van der Waals surface area contributed by atoms with Crippen molar-refractivity contribution in [3.05, 3.63) is 11.8 Å². The first-order valence-corrected chi connectivity index (χ1v) is 18.7. The van der Waals surface area contributed by atoms with Crippen LogP contribution in [0.25, 0.3) is 0 Å². The normalized spacial score (nSPS) is 33.1. The van der Waals surface area contributed by atoms with Crippen LogP contribution in [-0.4, -0.2) is 178 Å². The minimum Gasteiger partial charge on any atom is -0.466 e. The fourth-order valence-electron chi connectivity index (χ4n) is 6.38. The van der Waals surface area contributed by atoms with Crippen molar-refractivity contribution in [3.8, 4) is 0 Å². The Labute approximate surface area is 331 Å². The Morgan fingerprint density at radius 2 is 1.54 bits per heavy atom. The van der Waals surface area contributed by atoms with Crippen molar-refractivity contribution < 1.29 is 73.1 Å². The van der Waals surface area contributed by atoms with Crippen molar-refractivity contribution in [3.63, 3.8) is 0 Å². The Morgan fingerprint density at radius 1 is 0.930 bits per heavy atom. The summed E-state index contributed by atoms with van der Waals surface area (Å²) < 4.78 is 34.5. The molecule has 0 aromatic carbocycles. The molecule has 0 radical (unpaired) electrons. The van der Waals surface area contributed by atoms with Gasteiger partial charge >= 0.3 is 12.2 Å². The SMILES string of the molecule is CN(C(=O)OC(C)(C)C)[C@@H]1[C@@H](O)[C@@H](O[C@@H]2[C@@H](O)[C@H](O[C@H]3OC(CNC(=O)C(O)CN)=CC[C@H]3N)[C@@H](N)C[C@H]2NC(=O)[C@@H](O)CNC(=O)OC(C)(C)C)OC[C@]1(C)O. The highest BCUT2D eigenvalue weighted by Crippen LogP contribution is 2.34. The molecule has 0 bridgehead atoms. The summed E-state index contributed by atoms with van der Waals surface area (Å²) in [5, 5.41) is 62.3. The van der Waals surface area contributed by atoms with E-state index in [4.69, 9.17) is 45.6 Å². The zero-order chi connectivity index (χ0) is 43.2. The predicted octanol–water partition coefficient (Wildman–Crippen LogP) is -3.68. The van der Waals surface area contributed by atoms with Crippen LogP contribution < -0.4 is 33.2 Å². The summed E-state index contributed by atoms with van der Waals surface area (Å²) in [4.78, 5) is 51.5. The molecule has 22 nitrogen and oxygen atoms in total. The number of nitrogens with zero attached hydrogens (tertiary/aromatic N) is 1. The number of aliphatic hydroxyl groups excluding tert-OH is 4. The Kier molecular flexibility index (Phi) is 16.5. The first kappa shape index (κ1) is 48.0. The maximum Gasteiger partial charge on any atom is 0.410 e. The smallest absolute Gasteiger partial charge is 0.410 e. The highest BCUT2D eigenvalue weighted by Gasteiger charge is 2.54. The molecular weight excluding hydrogens is 758 g/mol. The van der Waals surface area contributed by atoms with Gasteiger partial charge < -0.3 is 92.0 Å². The van der Waals surface area contributed by atoms with Gasteiger partial charge in [-0.15, -0.1) is 0 Å². The molecule has 4 amide bonds. The average Bonchev–Trinajstić information content (AvgIpc) is 3.09. The fraction of sp³-hybridized carbons (Fsp3) is 0.829. The minimum atomic E-state index is -1.81. The Hall–Kier alpha value is -3.42. The van der Waals surface area contributed by atoms with E-state index in [9.17, 15) is 44.7 Å². The zero-order valence-corrected chi connectivity index (χ0v) is 33.7. The minimum absolute atomic E-state index is 0.147. The van der Waals surface area contributed by atoms with Crippen LogP contribution in [0, 0.1) is 0 Å². The van der Waals surface area contributed by atoms with E-state index >= 15 is 0 Å². The molecular formula is C35H63N7O15. The van der Waals surface area contributed by atoms with Crippen LogP contribution in [-0.2, 0) is 38.0 Å². The van der Waals surface area contributed by atoms with E-state index in [1.165, 1.54) is 14.0 Å². The number of carbonyl (C=O) groups excluding carboxylic acids is 4. The molecule has 22 heteroatoms. The summed E-state index contributed by atoms with van der Waals surface area (Å²) in [6, 6.07) is -4.38. The van der Waals surface area contributed by atoms with Crippen LogP contribution in [0.4, 0.5) is 9.59 Å². The number of ether oxygens (including phenoxy) is 6. The molecule has 2 fully saturated rings. The third-order valence-electron chi connectivity index (χ3n) is 9.14. The Morgan fingerprint density at radius 3 is 2.14 bits per heavy atom. The third kappa shape index (κ3) is 13.6. The van der Waals surface area contributed by atoms with Gasteiger partial charge in [-0.1, -0.05) is 0 Å². The summed E-state index contributed by atoms with van der Waals surface area (Å²) in [6.45, 7) is 9.73. The van der Waals surface area contributed by atoms with Crippen LogP contribution in [0.1, 0.15) is 61.3 Å². The van der Waals surface area contributed by atoms with Gasteiger partial charge in [0.05, 0.1) is 37.8 Å². The summed E-state index contributed by atoms with van der Waals surface area (Å²) in [5.41, 5.74) is 14.6. The molecule has 2 heterocycles. The number of rotatable bonds is 13. The van der Waals surface area contributed by atoms with Gasteiger partial charge in [-0.3, -0.25) is 9.59 Å². The molecule has 0 spiro atoms. The molecule has 0 aromatic heterocycles. The molecule has 57 heavy (non-hydrogen) atoms. The van der Waals surface area contributed by atoms with E-state index in [-0.39, 0.29) is 31.7 Å². The summed E-state index contributed by atoms with van der Waals surface area (Å²) in [5.74, 6) is -1.49. The van der Waals surface area contributed by atoms with Gasteiger partial charge in [-0.05, 0) is 67.4 Å². The van der Waals surface area contributed by atoms with E-state index in [0.29, 0.717) is 0 Å². The second-order valence-corrected chi connectivity index (χ2v) is 16.7. The second-order valence-electron chi connectivity index (χ2n) is 16.7. The standard InChI is InChI=1S/C35H63N7O15/c1-33(2,3)56-31(49)40-14-21(44)28(48)41-19-11-18(38)24(54-29-17(37)10-9-16(53-29)13-39-27(47)20(43)12-36)22(45)25(19)55-30-23(46)26(35(7,51)15-52-30)42(8)32(50)57-34(4,5)6/h9,17-26,29-30,43-46,51H,10-15,36-38H2,1-8H3,(H,39,47)(H,40,49)(H,41,48)/t17-,18+,19-,20?,21+,22+,23-,24-,25+,26-,29-,30-,35+/m1/s1.